The molecule has 0 amide bonds. The van der Waals surface area contributed by atoms with Gasteiger partial charge in [0.05, 0.1) is 5.56 Å². The Morgan fingerprint density at radius 3 is 2.27 bits per heavy atom. The van der Waals surface area contributed by atoms with Crippen LogP contribution in [0.4, 0.5) is 13.2 Å². The number of benzene rings is 1. The maximum absolute atomic E-state index is 12.9. The Bertz CT molecular complexity index is 771. The van der Waals surface area contributed by atoms with Crippen molar-refractivity contribution in [2.75, 3.05) is 0 Å². The molecule has 4 aliphatic carbocycles. The summed E-state index contributed by atoms with van der Waals surface area (Å²) in [5.41, 5.74) is 0.0831. The molecule has 4 fully saturated rings. The molecule has 0 heterocycles. The Hall–Kier alpha value is -1.19. The first-order valence-electron chi connectivity index (χ1n) is 12.1. The van der Waals surface area contributed by atoms with Crippen LogP contribution in [0.1, 0.15) is 83.6 Å². The van der Waals surface area contributed by atoms with Crippen LogP contribution in [0.25, 0.3) is 0 Å². The summed E-state index contributed by atoms with van der Waals surface area (Å²) >= 11 is 0. The van der Waals surface area contributed by atoms with Gasteiger partial charge in [0.25, 0.3) is 0 Å². The minimum Gasteiger partial charge on any atom is -0.490 e. The first-order chi connectivity index (χ1) is 14.2. The summed E-state index contributed by atoms with van der Waals surface area (Å²) in [6.07, 6.45) is 9.01. The van der Waals surface area contributed by atoms with Gasteiger partial charge in [0, 0.05) is 5.41 Å². The molecule has 30 heavy (non-hydrogen) atoms. The Morgan fingerprint density at radius 1 is 0.800 bits per heavy atom. The predicted octanol–water partition coefficient (Wildman–Crippen LogP) is 7.89. The Kier molecular flexibility index (Phi) is 4.95. The molecule has 4 heteroatoms. The lowest BCUT2D eigenvalue weighted by Gasteiger charge is -2.60. The Labute approximate surface area is 178 Å². The van der Waals surface area contributed by atoms with Gasteiger partial charge in [0.1, 0.15) is 11.9 Å². The second-order valence-corrected chi connectivity index (χ2v) is 11.2. The van der Waals surface area contributed by atoms with E-state index in [0.29, 0.717) is 17.1 Å². The lowest BCUT2D eigenvalue weighted by Crippen LogP contribution is -2.53. The number of alkyl halides is 3. The van der Waals surface area contributed by atoms with E-state index in [1.807, 2.05) is 0 Å². The van der Waals surface area contributed by atoms with Gasteiger partial charge in [0.15, 0.2) is 0 Å². The molecule has 2 unspecified atom stereocenters. The van der Waals surface area contributed by atoms with Gasteiger partial charge in [-0.05, 0) is 105 Å². The molecule has 0 N–H and O–H groups in total. The molecule has 0 aliphatic heterocycles. The summed E-state index contributed by atoms with van der Waals surface area (Å²) in [7, 11) is 0. The van der Waals surface area contributed by atoms with E-state index in [1.54, 1.807) is 0 Å². The molecule has 0 aromatic heterocycles. The first-order valence-corrected chi connectivity index (χ1v) is 12.1. The highest BCUT2D eigenvalue weighted by molar-refractivity contribution is 5.29. The van der Waals surface area contributed by atoms with Crippen LogP contribution in [0, 0.1) is 34.5 Å². The molecule has 5 rings (SSSR count). The van der Waals surface area contributed by atoms with Gasteiger partial charge in [-0.1, -0.05) is 26.7 Å². The summed E-state index contributed by atoms with van der Waals surface area (Å²) in [6, 6.07) is 5.29. The van der Waals surface area contributed by atoms with Crippen molar-refractivity contribution >= 4 is 0 Å². The SMILES string of the molecule is C[C@]12CCCCC1CC[C@@H]1[C@H]2CC[C@]2(C)C(Oc3ccc(C(F)(F)F)cc3)CC[C@@H]12. The van der Waals surface area contributed by atoms with Gasteiger partial charge in [-0.3, -0.25) is 0 Å². The van der Waals surface area contributed by atoms with Crippen molar-refractivity contribution in [2.45, 2.75) is 90.3 Å². The molecule has 1 aromatic carbocycles. The van der Waals surface area contributed by atoms with Crippen molar-refractivity contribution in [3.63, 3.8) is 0 Å². The first kappa shape index (κ1) is 20.7. The lowest BCUT2D eigenvalue weighted by atomic mass is 9.45. The molecule has 0 radical (unpaired) electrons. The largest absolute Gasteiger partial charge is 0.490 e. The van der Waals surface area contributed by atoms with E-state index in [2.05, 4.69) is 13.8 Å². The number of halogens is 3. The molecular formula is C26H35F3O. The average Bonchev–Trinajstić information content (AvgIpc) is 3.03. The van der Waals surface area contributed by atoms with Crippen molar-refractivity contribution in [2.24, 2.45) is 34.5 Å². The van der Waals surface area contributed by atoms with Crippen molar-refractivity contribution in [1.82, 2.24) is 0 Å². The maximum atomic E-state index is 12.9. The van der Waals surface area contributed by atoms with Crippen LogP contribution >= 0.6 is 0 Å². The van der Waals surface area contributed by atoms with Crippen LogP contribution < -0.4 is 4.74 Å². The summed E-state index contributed by atoms with van der Waals surface area (Å²) in [6.45, 7) is 5.01. The molecule has 0 bridgehead atoms. The van der Waals surface area contributed by atoms with Gasteiger partial charge in [-0.25, -0.2) is 0 Å². The predicted molar refractivity (Wildman–Crippen MR) is 112 cm³/mol. The van der Waals surface area contributed by atoms with Gasteiger partial charge in [-0.2, -0.15) is 13.2 Å². The topological polar surface area (TPSA) is 9.23 Å². The van der Waals surface area contributed by atoms with Crippen LogP contribution in [0.2, 0.25) is 0 Å². The zero-order valence-electron chi connectivity index (χ0n) is 18.3. The number of hydrogen-bond acceptors (Lipinski definition) is 1. The van der Waals surface area contributed by atoms with Crippen molar-refractivity contribution < 1.29 is 17.9 Å². The van der Waals surface area contributed by atoms with Gasteiger partial charge >= 0.3 is 6.18 Å². The van der Waals surface area contributed by atoms with E-state index in [-0.39, 0.29) is 11.5 Å². The smallest absolute Gasteiger partial charge is 0.416 e. The van der Waals surface area contributed by atoms with E-state index >= 15 is 0 Å². The summed E-state index contributed by atoms with van der Waals surface area (Å²) in [5, 5.41) is 0. The van der Waals surface area contributed by atoms with Crippen LogP contribution in [-0.2, 0) is 6.18 Å². The van der Waals surface area contributed by atoms with Crippen LogP contribution in [0.3, 0.4) is 0 Å². The quantitative estimate of drug-likeness (QED) is 0.473. The van der Waals surface area contributed by atoms with E-state index in [0.717, 1.165) is 36.3 Å². The summed E-state index contributed by atoms with van der Waals surface area (Å²) < 4.78 is 45.0. The van der Waals surface area contributed by atoms with Crippen molar-refractivity contribution in [3.05, 3.63) is 29.8 Å². The molecule has 7 atom stereocenters. The van der Waals surface area contributed by atoms with Crippen LogP contribution in [0.15, 0.2) is 24.3 Å². The molecule has 1 aromatic rings. The van der Waals surface area contributed by atoms with Crippen LogP contribution in [-0.4, -0.2) is 6.10 Å². The summed E-state index contributed by atoms with van der Waals surface area (Å²) in [5.74, 6) is 3.89. The molecule has 1 nitrogen and oxygen atoms in total. The maximum Gasteiger partial charge on any atom is 0.416 e. The van der Waals surface area contributed by atoms with Crippen molar-refractivity contribution in [3.8, 4) is 5.75 Å². The van der Waals surface area contributed by atoms with E-state index in [9.17, 15) is 13.2 Å². The molecule has 4 saturated carbocycles. The zero-order chi connectivity index (χ0) is 21.1. The number of hydrogen-bond donors (Lipinski definition) is 0. The molecule has 0 spiro atoms. The Balaban J connectivity index is 1.33. The monoisotopic (exact) mass is 420 g/mol. The van der Waals surface area contributed by atoms with E-state index in [4.69, 9.17) is 4.74 Å². The van der Waals surface area contributed by atoms with Gasteiger partial charge < -0.3 is 4.74 Å². The Morgan fingerprint density at radius 2 is 1.53 bits per heavy atom. The fourth-order valence-electron chi connectivity index (χ4n) is 8.33. The number of fused-ring (bicyclic) bond motifs is 5. The highest BCUT2D eigenvalue weighted by atomic mass is 19.4. The highest BCUT2D eigenvalue weighted by Crippen LogP contribution is 2.66. The van der Waals surface area contributed by atoms with Crippen molar-refractivity contribution in [1.29, 1.82) is 0 Å². The van der Waals surface area contributed by atoms with Gasteiger partial charge in [-0.15, -0.1) is 0 Å². The lowest BCUT2D eigenvalue weighted by molar-refractivity contribution is -0.137. The minimum atomic E-state index is -4.30. The fraction of sp³-hybridized carbons (Fsp3) is 0.769. The number of rotatable bonds is 2. The molecule has 4 aliphatic rings. The molecule has 166 valence electrons. The zero-order valence-corrected chi connectivity index (χ0v) is 18.3. The molecule has 0 saturated heterocycles. The number of ether oxygens (including phenoxy) is 1. The fourth-order valence-corrected chi connectivity index (χ4v) is 8.33. The van der Waals surface area contributed by atoms with Crippen LogP contribution in [0.5, 0.6) is 5.75 Å². The third-order valence-corrected chi connectivity index (χ3v) is 9.96. The highest BCUT2D eigenvalue weighted by Gasteiger charge is 2.60. The summed E-state index contributed by atoms with van der Waals surface area (Å²) in [4.78, 5) is 0. The average molecular weight is 421 g/mol. The standard InChI is InChI=1S/C26H35F3O/c1-24-15-4-3-5-17(24)8-11-20-21-12-13-23(25(21,2)16-14-22(20)24)30-19-9-6-18(7-10-19)26(27,28)29/h6-7,9-10,17,20-23H,3-5,8,11-16H2,1-2H3/t17?,20-,21-,22+,23?,24-,25-/m0/s1. The minimum absolute atomic E-state index is 0.122. The van der Waals surface area contributed by atoms with Gasteiger partial charge in [0.2, 0.25) is 0 Å². The second kappa shape index (κ2) is 7.17. The third-order valence-electron chi connectivity index (χ3n) is 9.96. The second-order valence-electron chi connectivity index (χ2n) is 11.2. The third kappa shape index (κ3) is 3.19. The normalized spacial score (nSPS) is 43.4. The van der Waals surface area contributed by atoms with E-state index < -0.39 is 11.7 Å². The molecular weight excluding hydrogens is 385 g/mol. The van der Waals surface area contributed by atoms with E-state index in [1.165, 1.54) is 69.9 Å².